The summed E-state index contributed by atoms with van der Waals surface area (Å²) in [4.78, 5) is 22.9. The second-order valence-electron chi connectivity index (χ2n) is 4.07. The predicted octanol–water partition coefficient (Wildman–Crippen LogP) is 1.36. The Hall–Kier alpha value is -2.62. The average Bonchev–Trinajstić information content (AvgIpc) is 2.37. The molecule has 0 aliphatic heterocycles. The number of carbonyl (C=O) groups excluding carboxylic acids is 1. The van der Waals surface area contributed by atoms with Gasteiger partial charge >= 0.3 is 0 Å². The van der Waals surface area contributed by atoms with E-state index in [0.717, 1.165) is 0 Å². The smallest absolute Gasteiger partial charge is 0.287 e. The highest BCUT2D eigenvalue weighted by molar-refractivity contribution is 5.76. The summed E-state index contributed by atoms with van der Waals surface area (Å²) < 4.78 is 0. The minimum atomic E-state index is -0.599. The van der Waals surface area contributed by atoms with Crippen molar-refractivity contribution >= 4 is 17.3 Å². The van der Waals surface area contributed by atoms with Crippen molar-refractivity contribution in [2.45, 2.75) is 6.42 Å². The molecule has 0 saturated heterocycles. The van der Waals surface area contributed by atoms with Crippen LogP contribution >= 0.6 is 0 Å². The van der Waals surface area contributed by atoms with Gasteiger partial charge in [-0.25, -0.2) is 0 Å². The number of anilines is 1. The van der Waals surface area contributed by atoms with Gasteiger partial charge in [-0.15, -0.1) is 0 Å². The number of nitriles is 1. The summed E-state index contributed by atoms with van der Waals surface area (Å²) in [5.74, 6) is -0.0186. The molecule has 100 valence electrons. The van der Waals surface area contributed by atoms with E-state index in [0.29, 0.717) is 18.7 Å². The molecule has 0 heterocycles. The van der Waals surface area contributed by atoms with E-state index >= 15 is 0 Å². The fourth-order valence-corrected chi connectivity index (χ4v) is 1.43. The molecule has 0 aliphatic rings. The number of rotatable bonds is 5. The molecule has 0 atom stereocenters. The van der Waals surface area contributed by atoms with Crippen LogP contribution in [0.2, 0.25) is 0 Å². The number of carbonyl (C=O) groups is 1. The first-order valence-electron chi connectivity index (χ1n) is 5.58. The first-order valence-corrected chi connectivity index (χ1v) is 5.58. The zero-order valence-corrected chi connectivity index (χ0v) is 10.7. The van der Waals surface area contributed by atoms with Crippen LogP contribution in [0.4, 0.5) is 11.4 Å². The standard InChI is InChI=1S/C12H14N4O3/c1-15(2)12(17)5-6-14-10-3-4-11(16(18)19)9(7-10)8-13/h3-4,7,14H,5-6H2,1-2H3. The van der Waals surface area contributed by atoms with Gasteiger partial charge in [0.1, 0.15) is 11.6 Å². The number of nitro benzene ring substituents is 1. The zero-order valence-electron chi connectivity index (χ0n) is 10.7. The monoisotopic (exact) mass is 262 g/mol. The van der Waals surface area contributed by atoms with Crippen LogP contribution in [0.1, 0.15) is 12.0 Å². The van der Waals surface area contributed by atoms with Gasteiger partial charge in [0.2, 0.25) is 5.91 Å². The molecule has 7 nitrogen and oxygen atoms in total. The average molecular weight is 262 g/mol. The molecule has 7 heteroatoms. The van der Waals surface area contributed by atoms with Crippen LogP contribution in [-0.4, -0.2) is 36.4 Å². The number of amides is 1. The van der Waals surface area contributed by atoms with E-state index in [4.69, 9.17) is 5.26 Å². The van der Waals surface area contributed by atoms with Crippen LogP contribution in [0.5, 0.6) is 0 Å². The SMILES string of the molecule is CN(C)C(=O)CCNc1ccc([N+](=O)[O-])c(C#N)c1. The van der Waals surface area contributed by atoms with E-state index in [2.05, 4.69) is 5.32 Å². The quantitative estimate of drug-likeness (QED) is 0.638. The molecule has 19 heavy (non-hydrogen) atoms. The molecule has 0 aromatic heterocycles. The highest BCUT2D eigenvalue weighted by atomic mass is 16.6. The molecule has 0 unspecified atom stereocenters. The molecule has 0 saturated carbocycles. The Morgan fingerprint density at radius 1 is 1.53 bits per heavy atom. The largest absolute Gasteiger partial charge is 0.384 e. The summed E-state index contributed by atoms with van der Waals surface area (Å²) in [5.41, 5.74) is 0.347. The van der Waals surface area contributed by atoms with Gasteiger partial charge in [-0.05, 0) is 12.1 Å². The lowest BCUT2D eigenvalue weighted by molar-refractivity contribution is -0.385. The highest BCUT2D eigenvalue weighted by Crippen LogP contribution is 2.21. The highest BCUT2D eigenvalue weighted by Gasteiger charge is 2.13. The Bertz CT molecular complexity index is 534. The van der Waals surface area contributed by atoms with Gasteiger partial charge in [-0.1, -0.05) is 0 Å². The number of nitro groups is 1. The normalized spacial score (nSPS) is 9.53. The maximum absolute atomic E-state index is 11.3. The number of nitrogens with one attached hydrogen (secondary N) is 1. The molecule has 1 aromatic rings. The Balaban J connectivity index is 2.69. The van der Waals surface area contributed by atoms with Crippen molar-refractivity contribution in [1.29, 1.82) is 5.26 Å². The van der Waals surface area contributed by atoms with Gasteiger partial charge in [0.25, 0.3) is 5.69 Å². The second-order valence-corrected chi connectivity index (χ2v) is 4.07. The lowest BCUT2D eigenvalue weighted by Gasteiger charge is -2.11. The van der Waals surface area contributed by atoms with Crippen LogP contribution < -0.4 is 5.32 Å². The van der Waals surface area contributed by atoms with Crippen molar-refractivity contribution in [2.24, 2.45) is 0 Å². The van der Waals surface area contributed by atoms with Crippen LogP contribution in [0.3, 0.4) is 0 Å². The third kappa shape index (κ3) is 3.96. The second kappa shape index (κ2) is 6.35. The number of hydrogen-bond donors (Lipinski definition) is 1. The number of nitrogens with zero attached hydrogens (tertiary/aromatic N) is 3. The third-order valence-corrected chi connectivity index (χ3v) is 2.48. The Morgan fingerprint density at radius 3 is 2.74 bits per heavy atom. The fourth-order valence-electron chi connectivity index (χ4n) is 1.43. The van der Waals surface area contributed by atoms with E-state index in [1.165, 1.54) is 23.1 Å². The Kier molecular flexibility index (Phi) is 4.83. The molecule has 0 bridgehead atoms. The minimum absolute atomic E-state index is 0.00561. The van der Waals surface area contributed by atoms with E-state index in [1.807, 2.05) is 0 Å². The number of hydrogen-bond acceptors (Lipinski definition) is 5. The van der Waals surface area contributed by atoms with Gasteiger partial charge in [-0.2, -0.15) is 5.26 Å². The van der Waals surface area contributed by atoms with Crippen molar-refractivity contribution in [3.63, 3.8) is 0 Å². The van der Waals surface area contributed by atoms with Crippen molar-refractivity contribution in [3.8, 4) is 6.07 Å². The van der Waals surface area contributed by atoms with Gasteiger partial charge in [0.15, 0.2) is 0 Å². The topological polar surface area (TPSA) is 99.3 Å². The molecule has 0 spiro atoms. The molecule has 1 N–H and O–H groups in total. The number of benzene rings is 1. The third-order valence-electron chi connectivity index (χ3n) is 2.48. The summed E-state index contributed by atoms with van der Waals surface area (Å²) >= 11 is 0. The fraction of sp³-hybridized carbons (Fsp3) is 0.333. The van der Waals surface area contributed by atoms with E-state index in [-0.39, 0.29) is 17.2 Å². The first kappa shape index (κ1) is 14.4. The Morgan fingerprint density at radius 2 is 2.21 bits per heavy atom. The molecule has 1 amide bonds. The van der Waals surface area contributed by atoms with Gasteiger partial charge < -0.3 is 10.2 Å². The maximum Gasteiger partial charge on any atom is 0.287 e. The summed E-state index contributed by atoms with van der Waals surface area (Å²) in [6, 6.07) is 5.96. The summed E-state index contributed by atoms with van der Waals surface area (Å²) in [5, 5.41) is 22.4. The summed E-state index contributed by atoms with van der Waals surface area (Å²) in [7, 11) is 3.34. The molecule has 1 aromatic carbocycles. The molecular formula is C12H14N4O3. The minimum Gasteiger partial charge on any atom is -0.384 e. The van der Waals surface area contributed by atoms with Crippen molar-refractivity contribution in [1.82, 2.24) is 4.90 Å². The van der Waals surface area contributed by atoms with Crippen LogP contribution in [0.15, 0.2) is 18.2 Å². The van der Waals surface area contributed by atoms with E-state index in [1.54, 1.807) is 20.2 Å². The van der Waals surface area contributed by atoms with Gasteiger partial charge in [-0.3, -0.25) is 14.9 Å². The van der Waals surface area contributed by atoms with Gasteiger partial charge in [0.05, 0.1) is 4.92 Å². The molecule has 1 rings (SSSR count). The molecule has 0 fully saturated rings. The van der Waals surface area contributed by atoms with Crippen molar-refractivity contribution in [3.05, 3.63) is 33.9 Å². The van der Waals surface area contributed by atoms with Crippen molar-refractivity contribution in [2.75, 3.05) is 26.0 Å². The van der Waals surface area contributed by atoms with Crippen LogP contribution in [-0.2, 0) is 4.79 Å². The zero-order chi connectivity index (χ0) is 14.4. The van der Waals surface area contributed by atoms with Gasteiger partial charge in [0, 0.05) is 38.8 Å². The van der Waals surface area contributed by atoms with Crippen molar-refractivity contribution < 1.29 is 9.72 Å². The molecule has 0 aliphatic carbocycles. The Labute approximate surface area is 110 Å². The molecule has 0 radical (unpaired) electrons. The summed E-state index contributed by atoms with van der Waals surface area (Å²) in [6.07, 6.45) is 0.311. The maximum atomic E-state index is 11.3. The van der Waals surface area contributed by atoms with Crippen LogP contribution in [0.25, 0.3) is 0 Å². The lowest BCUT2D eigenvalue weighted by Crippen LogP contribution is -2.23. The first-order chi connectivity index (χ1) is 8.95. The van der Waals surface area contributed by atoms with Crippen LogP contribution in [0, 0.1) is 21.4 Å². The molecular weight excluding hydrogens is 248 g/mol. The predicted molar refractivity (Wildman–Crippen MR) is 69.6 cm³/mol. The van der Waals surface area contributed by atoms with E-state index < -0.39 is 4.92 Å². The summed E-state index contributed by atoms with van der Waals surface area (Å²) in [6.45, 7) is 0.402. The lowest BCUT2D eigenvalue weighted by atomic mass is 10.1. The van der Waals surface area contributed by atoms with E-state index in [9.17, 15) is 14.9 Å².